The van der Waals surface area contributed by atoms with E-state index in [1.807, 2.05) is 19.1 Å². The lowest BCUT2D eigenvalue weighted by molar-refractivity contribution is -0.130. The number of carbonyl (C=O) groups excluding carboxylic acids is 1. The number of rotatable bonds is 4. The van der Waals surface area contributed by atoms with Gasteiger partial charge in [-0.1, -0.05) is 12.1 Å². The molecular formula is C18H20N4O5. The molecule has 1 aromatic heterocycles. The summed E-state index contributed by atoms with van der Waals surface area (Å²) in [6.07, 6.45) is 0.225. The van der Waals surface area contributed by atoms with Crippen LogP contribution in [0.3, 0.4) is 0 Å². The summed E-state index contributed by atoms with van der Waals surface area (Å²) in [5.41, 5.74) is -0.542. The molecule has 0 saturated carbocycles. The van der Waals surface area contributed by atoms with Crippen molar-refractivity contribution in [2.45, 2.75) is 26.3 Å². The van der Waals surface area contributed by atoms with E-state index in [0.717, 1.165) is 10.1 Å². The van der Waals surface area contributed by atoms with Crippen LogP contribution in [0.2, 0.25) is 0 Å². The SMILES string of the molecule is CCOc1ccc([C@H]2CC(c3c(O)n(C)c(=O)[nH]c3=O)=NN2C(C)=O)cc1. The van der Waals surface area contributed by atoms with Gasteiger partial charge >= 0.3 is 5.69 Å². The van der Waals surface area contributed by atoms with Crippen LogP contribution >= 0.6 is 0 Å². The molecule has 0 saturated heterocycles. The van der Waals surface area contributed by atoms with Crippen molar-refractivity contribution in [3.05, 3.63) is 56.2 Å². The van der Waals surface area contributed by atoms with Crippen LogP contribution in [0.15, 0.2) is 39.0 Å². The maximum atomic E-state index is 12.2. The van der Waals surface area contributed by atoms with Gasteiger partial charge in [-0.15, -0.1) is 0 Å². The van der Waals surface area contributed by atoms with Gasteiger partial charge in [0.1, 0.15) is 11.3 Å². The molecule has 2 N–H and O–H groups in total. The number of carbonyl (C=O) groups is 1. The predicted molar refractivity (Wildman–Crippen MR) is 98.0 cm³/mol. The summed E-state index contributed by atoms with van der Waals surface area (Å²) in [4.78, 5) is 38.0. The van der Waals surface area contributed by atoms with E-state index < -0.39 is 23.2 Å². The zero-order valence-electron chi connectivity index (χ0n) is 15.2. The minimum Gasteiger partial charge on any atom is -0.494 e. The summed E-state index contributed by atoms with van der Waals surface area (Å²) in [6.45, 7) is 3.81. The van der Waals surface area contributed by atoms with E-state index in [2.05, 4.69) is 10.1 Å². The first kappa shape index (κ1) is 18.4. The number of benzene rings is 1. The zero-order chi connectivity index (χ0) is 19.7. The van der Waals surface area contributed by atoms with Gasteiger partial charge in [-0.25, -0.2) is 9.80 Å². The van der Waals surface area contributed by atoms with Crippen LogP contribution in [-0.4, -0.2) is 37.9 Å². The second kappa shape index (κ2) is 7.10. The normalized spacial score (nSPS) is 16.3. The summed E-state index contributed by atoms with van der Waals surface area (Å²) < 4.78 is 6.34. The van der Waals surface area contributed by atoms with Gasteiger partial charge in [0, 0.05) is 20.4 Å². The number of ether oxygens (including phenoxy) is 1. The molecule has 1 aromatic carbocycles. The molecule has 1 amide bonds. The monoisotopic (exact) mass is 372 g/mol. The van der Waals surface area contributed by atoms with Crippen LogP contribution in [0.5, 0.6) is 11.6 Å². The molecule has 0 aliphatic carbocycles. The molecule has 1 aliphatic heterocycles. The van der Waals surface area contributed by atoms with Crippen molar-refractivity contribution < 1.29 is 14.6 Å². The van der Waals surface area contributed by atoms with Crippen LogP contribution in [-0.2, 0) is 11.8 Å². The summed E-state index contributed by atoms with van der Waals surface area (Å²) in [6, 6.07) is 6.82. The fraction of sp³-hybridized carbons (Fsp3) is 0.333. The number of hydrazone groups is 1. The smallest absolute Gasteiger partial charge is 0.330 e. The molecule has 9 nitrogen and oxygen atoms in total. The van der Waals surface area contributed by atoms with Gasteiger partial charge in [0.15, 0.2) is 0 Å². The lowest BCUT2D eigenvalue weighted by Crippen LogP contribution is -2.32. The number of aromatic hydroxyl groups is 1. The van der Waals surface area contributed by atoms with E-state index >= 15 is 0 Å². The van der Waals surface area contributed by atoms with Gasteiger partial charge in [-0.05, 0) is 24.6 Å². The van der Waals surface area contributed by atoms with E-state index in [1.165, 1.54) is 19.0 Å². The molecule has 0 bridgehead atoms. The Bertz CT molecular complexity index is 1020. The van der Waals surface area contributed by atoms with Crippen molar-refractivity contribution in [1.82, 2.24) is 14.6 Å². The van der Waals surface area contributed by atoms with Crippen molar-refractivity contribution in [3.8, 4) is 11.6 Å². The number of amides is 1. The second-order valence-electron chi connectivity index (χ2n) is 6.15. The molecule has 2 heterocycles. The molecule has 3 rings (SSSR count). The summed E-state index contributed by atoms with van der Waals surface area (Å²) in [5, 5.41) is 15.8. The third kappa shape index (κ3) is 3.35. The first-order valence-corrected chi connectivity index (χ1v) is 8.46. The number of aromatic amines is 1. The van der Waals surface area contributed by atoms with E-state index in [-0.39, 0.29) is 23.6 Å². The Balaban J connectivity index is 2.01. The van der Waals surface area contributed by atoms with Crippen molar-refractivity contribution in [1.29, 1.82) is 0 Å². The molecule has 1 aliphatic rings. The average molecular weight is 372 g/mol. The topological polar surface area (TPSA) is 117 Å². The van der Waals surface area contributed by atoms with Crippen molar-refractivity contribution in [3.63, 3.8) is 0 Å². The first-order valence-electron chi connectivity index (χ1n) is 8.46. The number of hydrogen-bond donors (Lipinski definition) is 2. The van der Waals surface area contributed by atoms with Crippen LogP contribution in [0.1, 0.15) is 37.4 Å². The predicted octanol–water partition coefficient (Wildman–Crippen LogP) is 0.875. The van der Waals surface area contributed by atoms with Crippen LogP contribution in [0, 0.1) is 0 Å². The summed E-state index contributed by atoms with van der Waals surface area (Å²) >= 11 is 0. The minimum absolute atomic E-state index is 0.114. The Morgan fingerprint density at radius 1 is 1.33 bits per heavy atom. The molecule has 1 atom stereocenters. The van der Waals surface area contributed by atoms with E-state index in [1.54, 1.807) is 12.1 Å². The van der Waals surface area contributed by atoms with Crippen LogP contribution < -0.4 is 16.0 Å². The zero-order valence-corrected chi connectivity index (χ0v) is 15.2. The van der Waals surface area contributed by atoms with Crippen molar-refractivity contribution >= 4 is 11.6 Å². The van der Waals surface area contributed by atoms with Gasteiger partial charge in [-0.3, -0.25) is 19.1 Å². The second-order valence-corrected chi connectivity index (χ2v) is 6.15. The Hall–Kier alpha value is -3.36. The standard InChI is InChI=1S/C18H20N4O5/c1-4-27-12-7-5-11(6-8-12)14-9-13(20-22(14)10(2)23)15-16(24)19-18(26)21(3)17(15)25/h5-8,14,25H,4,9H2,1-3H3,(H,19,24,26)/t14-/m1/s1. The third-order valence-electron chi connectivity index (χ3n) is 4.39. The van der Waals surface area contributed by atoms with Gasteiger partial charge in [0.25, 0.3) is 5.56 Å². The average Bonchev–Trinajstić information content (AvgIpc) is 3.06. The van der Waals surface area contributed by atoms with Gasteiger partial charge in [0.2, 0.25) is 11.8 Å². The third-order valence-corrected chi connectivity index (χ3v) is 4.39. The Morgan fingerprint density at radius 2 is 2.00 bits per heavy atom. The first-order chi connectivity index (χ1) is 12.8. The Kier molecular flexibility index (Phi) is 4.85. The van der Waals surface area contributed by atoms with E-state index in [4.69, 9.17) is 4.74 Å². The van der Waals surface area contributed by atoms with Crippen molar-refractivity contribution in [2.75, 3.05) is 6.61 Å². The molecule has 2 aromatic rings. The minimum atomic E-state index is -0.745. The molecule has 142 valence electrons. The van der Waals surface area contributed by atoms with Crippen LogP contribution in [0.4, 0.5) is 0 Å². The maximum absolute atomic E-state index is 12.2. The van der Waals surface area contributed by atoms with Gasteiger partial charge in [-0.2, -0.15) is 5.10 Å². The van der Waals surface area contributed by atoms with Crippen LogP contribution in [0.25, 0.3) is 0 Å². The lowest BCUT2D eigenvalue weighted by Gasteiger charge is -2.20. The Labute approximate surface area is 154 Å². The van der Waals surface area contributed by atoms with Gasteiger partial charge in [0.05, 0.1) is 18.4 Å². The summed E-state index contributed by atoms with van der Waals surface area (Å²) in [7, 11) is 1.33. The summed E-state index contributed by atoms with van der Waals surface area (Å²) in [5.74, 6) is -0.0788. The highest BCUT2D eigenvalue weighted by Crippen LogP contribution is 2.34. The number of aromatic nitrogens is 2. The van der Waals surface area contributed by atoms with Gasteiger partial charge < -0.3 is 9.84 Å². The highest BCUT2D eigenvalue weighted by molar-refractivity contribution is 6.04. The molecule has 0 unspecified atom stereocenters. The van der Waals surface area contributed by atoms with Crippen molar-refractivity contribution in [2.24, 2.45) is 12.1 Å². The number of nitrogens with zero attached hydrogens (tertiary/aromatic N) is 3. The number of hydrogen-bond acceptors (Lipinski definition) is 6. The quantitative estimate of drug-likeness (QED) is 0.826. The molecule has 9 heteroatoms. The largest absolute Gasteiger partial charge is 0.494 e. The number of nitrogens with one attached hydrogen (secondary N) is 1. The lowest BCUT2D eigenvalue weighted by atomic mass is 9.99. The van der Waals surface area contributed by atoms with E-state index in [0.29, 0.717) is 12.4 Å². The Morgan fingerprint density at radius 3 is 2.59 bits per heavy atom. The molecule has 0 fully saturated rings. The molecule has 0 radical (unpaired) electrons. The highest BCUT2D eigenvalue weighted by atomic mass is 16.5. The highest BCUT2D eigenvalue weighted by Gasteiger charge is 2.34. The van der Waals surface area contributed by atoms with E-state index in [9.17, 15) is 19.5 Å². The number of H-pyrrole nitrogens is 1. The fourth-order valence-electron chi connectivity index (χ4n) is 3.03. The molecule has 0 spiro atoms. The maximum Gasteiger partial charge on any atom is 0.330 e. The molecule has 27 heavy (non-hydrogen) atoms. The fourth-order valence-corrected chi connectivity index (χ4v) is 3.03. The molecular weight excluding hydrogens is 352 g/mol.